The lowest BCUT2D eigenvalue weighted by molar-refractivity contribution is -0.143. The number of nitrogens with zero attached hydrogens (tertiary/aromatic N) is 1. The van der Waals surface area contributed by atoms with Crippen molar-refractivity contribution in [2.75, 3.05) is 33.4 Å². The molecule has 0 N–H and O–H groups in total. The molecule has 1 aromatic carbocycles. The molecule has 0 heterocycles. The van der Waals surface area contributed by atoms with E-state index in [0.717, 1.165) is 10.9 Å². The summed E-state index contributed by atoms with van der Waals surface area (Å²) in [6, 6.07) is 7.26. The second-order valence-corrected chi connectivity index (χ2v) is 4.92. The number of carbonyl (C=O) groups is 2. The van der Waals surface area contributed by atoms with Gasteiger partial charge in [-0.25, -0.2) is 0 Å². The Morgan fingerprint density at radius 1 is 1.24 bits per heavy atom. The Balaban J connectivity index is 2.79. The maximum absolute atomic E-state index is 12.4. The highest BCUT2D eigenvalue weighted by Gasteiger charge is 2.19. The van der Waals surface area contributed by atoms with E-state index < -0.39 is 5.97 Å². The van der Waals surface area contributed by atoms with Gasteiger partial charge >= 0.3 is 5.97 Å². The molecule has 0 aliphatic rings. The number of methoxy groups -OCH3 is 1. The van der Waals surface area contributed by atoms with Gasteiger partial charge in [0.25, 0.3) is 5.91 Å². The van der Waals surface area contributed by atoms with Gasteiger partial charge < -0.3 is 14.4 Å². The Hall–Kier alpha value is -1.40. The number of benzene rings is 1. The Morgan fingerprint density at radius 3 is 2.43 bits per heavy atom. The summed E-state index contributed by atoms with van der Waals surface area (Å²) in [6.07, 6.45) is 0. The van der Waals surface area contributed by atoms with Crippen LogP contribution in [0, 0.1) is 0 Å². The molecule has 0 saturated carbocycles. The van der Waals surface area contributed by atoms with Gasteiger partial charge in [-0.15, -0.1) is 0 Å². The number of ether oxygens (including phenoxy) is 2. The molecular weight excluding hydrogens is 338 g/mol. The summed E-state index contributed by atoms with van der Waals surface area (Å²) in [5.41, 5.74) is 1.63. The summed E-state index contributed by atoms with van der Waals surface area (Å²) < 4.78 is 9.88. The molecule has 0 unspecified atom stereocenters. The number of amides is 1. The van der Waals surface area contributed by atoms with Crippen molar-refractivity contribution in [1.29, 1.82) is 0 Å². The predicted molar refractivity (Wildman–Crippen MR) is 83.5 cm³/mol. The molecule has 21 heavy (non-hydrogen) atoms. The monoisotopic (exact) mass is 357 g/mol. The fraction of sp³-hybridized carbons (Fsp3) is 0.467. The SMILES string of the molecule is CCOC(=O)CN(CCOC)C(=O)c1ccc(CBr)cc1. The lowest BCUT2D eigenvalue weighted by atomic mass is 10.1. The van der Waals surface area contributed by atoms with Gasteiger partial charge in [0.15, 0.2) is 0 Å². The van der Waals surface area contributed by atoms with E-state index in [1.807, 2.05) is 12.1 Å². The first-order valence-corrected chi connectivity index (χ1v) is 7.83. The van der Waals surface area contributed by atoms with Crippen molar-refractivity contribution >= 4 is 27.8 Å². The number of halogens is 1. The smallest absolute Gasteiger partial charge is 0.325 e. The van der Waals surface area contributed by atoms with Crippen LogP contribution in [-0.2, 0) is 19.6 Å². The molecule has 1 amide bonds. The van der Waals surface area contributed by atoms with E-state index in [2.05, 4.69) is 15.9 Å². The van der Waals surface area contributed by atoms with Crippen LogP contribution in [0.3, 0.4) is 0 Å². The zero-order chi connectivity index (χ0) is 15.7. The van der Waals surface area contributed by atoms with Crippen LogP contribution in [0.15, 0.2) is 24.3 Å². The predicted octanol–water partition coefficient (Wildman–Crippen LogP) is 2.23. The third-order valence-corrected chi connectivity index (χ3v) is 3.48. The van der Waals surface area contributed by atoms with E-state index in [1.165, 1.54) is 4.90 Å². The van der Waals surface area contributed by atoms with Crippen LogP contribution in [0.5, 0.6) is 0 Å². The van der Waals surface area contributed by atoms with Gasteiger partial charge in [-0.1, -0.05) is 28.1 Å². The van der Waals surface area contributed by atoms with Crippen LogP contribution in [0.4, 0.5) is 0 Å². The molecule has 0 aliphatic carbocycles. The highest BCUT2D eigenvalue weighted by Crippen LogP contribution is 2.10. The quantitative estimate of drug-likeness (QED) is 0.528. The van der Waals surface area contributed by atoms with Crippen molar-refractivity contribution in [3.05, 3.63) is 35.4 Å². The molecule has 0 bridgehead atoms. The van der Waals surface area contributed by atoms with Crippen molar-refractivity contribution in [2.24, 2.45) is 0 Å². The van der Waals surface area contributed by atoms with Crippen LogP contribution >= 0.6 is 15.9 Å². The minimum absolute atomic E-state index is 0.0732. The Labute approximate surface area is 133 Å². The number of carbonyl (C=O) groups excluding carboxylic acids is 2. The molecule has 1 aromatic rings. The van der Waals surface area contributed by atoms with Crippen molar-refractivity contribution in [3.8, 4) is 0 Å². The molecule has 0 radical (unpaired) electrons. The topological polar surface area (TPSA) is 55.8 Å². The molecule has 116 valence electrons. The van der Waals surface area contributed by atoms with E-state index in [9.17, 15) is 9.59 Å². The second-order valence-electron chi connectivity index (χ2n) is 4.36. The average Bonchev–Trinajstić information content (AvgIpc) is 2.51. The molecule has 0 aromatic heterocycles. The Bertz CT molecular complexity index is 461. The number of alkyl halides is 1. The third kappa shape index (κ3) is 5.85. The molecular formula is C15H20BrNO4. The van der Waals surface area contributed by atoms with Gasteiger partial charge in [0, 0.05) is 24.5 Å². The largest absolute Gasteiger partial charge is 0.465 e. The van der Waals surface area contributed by atoms with Gasteiger partial charge in [-0.2, -0.15) is 0 Å². The minimum Gasteiger partial charge on any atom is -0.465 e. The molecule has 1 rings (SSSR count). The normalized spacial score (nSPS) is 10.2. The van der Waals surface area contributed by atoms with E-state index >= 15 is 0 Å². The lowest BCUT2D eigenvalue weighted by Gasteiger charge is -2.21. The van der Waals surface area contributed by atoms with Gasteiger partial charge in [0.2, 0.25) is 0 Å². The van der Waals surface area contributed by atoms with E-state index in [-0.39, 0.29) is 12.5 Å². The maximum atomic E-state index is 12.4. The van der Waals surface area contributed by atoms with Crippen molar-refractivity contribution in [3.63, 3.8) is 0 Å². The fourth-order valence-corrected chi connectivity index (χ4v) is 2.11. The van der Waals surface area contributed by atoms with Crippen LogP contribution in [0.25, 0.3) is 0 Å². The summed E-state index contributed by atoms with van der Waals surface area (Å²) in [5, 5.41) is 0.734. The van der Waals surface area contributed by atoms with Gasteiger partial charge in [-0.05, 0) is 24.6 Å². The second kappa shape index (κ2) is 9.52. The van der Waals surface area contributed by atoms with Crippen molar-refractivity contribution < 1.29 is 19.1 Å². The molecule has 0 aliphatic heterocycles. The Kier molecular flexibility index (Phi) is 8.00. The highest BCUT2D eigenvalue weighted by atomic mass is 79.9. The molecule has 6 heteroatoms. The summed E-state index contributed by atoms with van der Waals surface area (Å²) in [5.74, 6) is -0.625. The summed E-state index contributed by atoms with van der Waals surface area (Å²) >= 11 is 3.36. The van der Waals surface area contributed by atoms with E-state index in [1.54, 1.807) is 26.2 Å². The van der Waals surface area contributed by atoms with Crippen LogP contribution < -0.4 is 0 Å². The van der Waals surface area contributed by atoms with E-state index in [4.69, 9.17) is 9.47 Å². The van der Waals surface area contributed by atoms with E-state index in [0.29, 0.717) is 25.3 Å². The van der Waals surface area contributed by atoms with Crippen molar-refractivity contribution in [2.45, 2.75) is 12.3 Å². The van der Waals surface area contributed by atoms with Crippen LogP contribution in [-0.4, -0.2) is 50.2 Å². The first-order valence-electron chi connectivity index (χ1n) is 6.71. The van der Waals surface area contributed by atoms with Crippen LogP contribution in [0.1, 0.15) is 22.8 Å². The Morgan fingerprint density at radius 2 is 1.90 bits per heavy atom. The first kappa shape index (κ1) is 17.7. The highest BCUT2D eigenvalue weighted by molar-refractivity contribution is 9.08. The first-order chi connectivity index (χ1) is 10.1. The zero-order valence-electron chi connectivity index (χ0n) is 12.3. The molecule has 0 saturated heterocycles. The summed E-state index contributed by atoms with van der Waals surface area (Å²) in [7, 11) is 1.55. The fourth-order valence-electron chi connectivity index (χ4n) is 1.74. The summed E-state index contributed by atoms with van der Waals surface area (Å²) in [6.45, 7) is 2.67. The molecule has 0 atom stereocenters. The number of esters is 1. The number of rotatable bonds is 8. The molecule has 0 fully saturated rings. The minimum atomic E-state index is -0.418. The van der Waals surface area contributed by atoms with Crippen LogP contribution in [0.2, 0.25) is 0 Å². The number of hydrogen-bond acceptors (Lipinski definition) is 4. The summed E-state index contributed by atoms with van der Waals surface area (Å²) in [4.78, 5) is 25.5. The van der Waals surface area contributed by atoms with Gasteiger partial charge in [-0.3, -0.25) is 9.59 Å². The van der Waals surface area contributed by atoms with Gasteiger partial charge in [0.05, 0.1) is 13.2 Å². The average molecular weight is 358 g/mol. The van der Waals surface area contributed by atoms with Gasteiger partial charge in [0.1, 0.15) is 6.54 Å². The standard InChI is InChI=1S/C15H20BrNO4/c1-3-21-14(18)11-17(8-9-20-2)15(19)13-6-4-12(10-16)5-7-13/h4-7H,3,8-11H2,1-2H3. The molecule has 5 nitrogen and oxygen atoms in total. The third-order valence-electron chi connectivity index (χ3n) is 2.83. The van der Waals surface area contributed by atoms with Crippen molar-refractivity contribution in [1.82, 2.24) is 4.90 Å². The maximum Gasteiger partial charge on any atom is 0.325 e. The molecule has 0 spiro atoms. The lowest BCUT2D eigenvalue weighted by Crippen LogP contribution is -2.38. The zero-order valence-corrected chi connectivity index (χ0v) is 13.9. The number of hydrogen-bond donors (Lipinski definition) is 0.